The molecule has 2 N–H and O–H groups in total. The van der Waals surface area contributed by atoms with Crippen molar-refractivity contribution >= 4 is 13.2 Å². The summed E-state index contributed by atoms with van der Waals surface area (Å²) in [6.45, 7) is 8.91. The molecule has 2 rings (SSSR count). The molecule has 21 heavy (non-hydrogen) atoms. The molecular weight excluding hydrogens is 263 g/mol. The lowest BCUT2D eigenvalue weighted by atomic mass is 9.89. The van der Waals surface area contributed by atoms with Gasteiger partial charge in [-0.05, 0) is 64.3 Å². The highest BCUT2D eigenvalue weighted by atomic mass is 16.7. The van der Waals surface area contributed by atoms with Gasteiger partial charge in [0.05, 0.1) is 11.2 Å². The molecule has 0 amide bonds. The number of pyridine rings is 1. The highest BCUT2D eigenvalue weighted by Crippen LogP contribution is 2.36. The summed E-state index contributed by atoms with van der Waals surface area (Å²) in [5, 5.41) is 0. The van der Waals surface area contributed by atoms with E-state index >= 15 is 0 Å². The molecule has 114 valence electrons. The molecule has 0 unspecified atom stereocenters. The van der Waals surface area contributed by atoms with Crippen molar-refractivity contribution in [3.63, 3.8) is 0 Å². The van der Waals surface area contributed by atoms with Crippen LogP contribution in [0.3, 0.4) is 0 Å². The van der Waals surface area contributed by atoms with Crippen LogP contribution in [-0.4, -0.2) is 29.8 Å². The largest absolute Gasteiger partial charge is 0.487 e. The zero-order chi connectivity index (χ0) is 15.5. The van der Waals surface area contributed by atoms with Gasteiger partial charge >= 0.3 is 7.12 Å². The average molecular weight is 288 g/mol. The third-order valence-electron chi connectivity index (χ3n) is 4.20. The van der Waals surface area contributed by atoms with Crippen LogP contribution >= 0.6 is 0 Å². The summed E-state index contributed by atoms with van der Waals surface area (Å²) in [4.78, 5) is 4.27. The number of nitrogens with zero attached hydrogens (tertiary/aromatic N) is 1. The first-order chi connectivity index (χ1) is 9.84. The van der Waals surface area contributed by atoms with Gasteiger partial charge in [0.15, 0.2) is 0 Å². The molecule has 0 radical (unpaired) electrons. The minimum Gasteiger partial charge on any atom is -0.400 e. The molecule has 5 heteroatoms. The predicted octanol–water partition coefficient (Wildman–Crippen LogP) is 2.62. The Morgan fingerprint density at radius 1 is 1.19 bits per heavy atom. The fourth-order valence-electron chi connectivity index (χ4n) is 2.20. The fraction of sp³-hybridized carbons (Fsp3) is 0.562. The van der Waals surface area contributed by atoms with Crippen LogP contribution < -0.4 is 5.73 Å². The summed E-state index contributed by atoms with van der Waals surface area (Å²) in [6.07, 6.45) is 7.67. The Labute approximate surface area is 127 Å². The SMILES string of the molecule is CC1(C)OB(/C=C/c2cncc(CCCN)c2)OC1(C)C. The summed E-state index contributed by atoms with van der Waals surface area (Å²) in [7, 11) is -0.317. The van der Waals surface area contributed by atoms with E-state index in [-0.39, 0.29) is 18.3 Å². The zero-order valence-electron chi connectivity index (χ0n) is 13.4. The topological polar surface area (TPSA) is 57.4 Å². The minimum absolute atomic E-state index is 0.302. The van der Waals surface area contributed by atoms with Crippen LogP contribution in [0.2, 0.25) is 0 Å². The Morgan fingerprint density at radius 3 is 2.48 bits per heavy atom. The summed E-state index contributed by atoms with van der Waals surface area (Å²) in [6, 6.07) is 2.13. The molecule has 0 saturated carbocycles. The monoisotopic (exact) mass is 288 g/mol. The van der Waals surface area contributed by atoms with E-state index in [1.54, 1.807) is 0 Å². The minimum atomic E-state index is -0.317. The van der Waals surface area contributed by atoms with Crippen molar-refractivity contribution in [3.05, 3.63) is 35.6 Å². The van der Waals surface area contributed by atoms with Crippen molar-refractivity contribution in [1.29, 1.82) is 0 Å². The average Bonchev–Trinajstić information content (AvgIpc) is 2.63. The lowest BCUT2D eigenvalue weighted by Crippen LogP contribution is -2.41. The van der Waals surface area contributed by atoms with Crippen LogP contribution in [0.5, 0.6) is 0 Å². The van der Waals surface area contributed by atoms with Gasteiger partial charge in [-0.15, -0.1) is 0 Å². The first-order valence-electron chi connectivity index (χ1n) is 7.52. The summed E-state index contributed by atoms with van der Waals surface area (Å²) in [5.41, 5.74) is 7.19. The van der Waals surface area contributed by atoms with Gasteiger partial charge < -0.3 is 15.0 Å². The molecular formula is C16H25BN2O2. The molecule has 4 nitrogen and oxygen atoms in total. The van der Waals surface area contributed by atoms with Gasteiger partial charge in [-0.25, -0.2) is 0 Å². The maximum Gasteiger partial charge on any atom is 0.487 e. The first-order valence-corrected chi connectivity index (χ1v) is 7.52. The molecule has 1 aromatic heterocycles. The van der Waals surface area contributed by atoms with Gasteiger partial charge in [0.2, 0.25) is 0 Å². The van der Waals surface area contributed by atoms with Crippen molar-refractivity contribution in [3.8, 4) is 0 Å². The Kier molecular flexibility index (Phi) is 4.86. The summed E-state index contributed by atoms with van der Waals surface area (Å²) >= 11 is 0. The van der Waals surface area contributed by atoms with Crippen LogP contribution in [0.4, 0.5) is 0 Å². The highest BCUT2D eigenvalue weighted by Gasteiger charge is 2.49. The summed E-state index contributed by atoms with van der Waals surface area (Å²) in [5.74, 6) is 1.94. The molecule has 0 atom stereocenters. The van der Waals surface area contributed by atoms with E-state index in [0.29, 0.717) is 6.54 Å². The zero-order valence-corrected chi connectivity index (χ0v) is 13.4. The molecule has 1 aliphatic heterocycles. The lowest BCUT2D eigenvalue weighted by Gasteiger charge is -2.32. The van der Waals surface area contributed by atoms with Gasteiger partial charge in [-0.2, -0.15) is 0 Å². The number of aromatic nitrogens is 1. The predicted molar refractivity (Wildman–Crippen MR) is 86.7 cm³/mol. The van der Waals surface area contributed by atoms with Crippen molar-refractivity contribution < 1.29 is 9.31 Å². The third kappa shape index (κ3) is 3.93. The van der Waals surface area contributed by atoms with E-state index in [1.165, 1.54) is 5.56 Å². The van der Waals surface area contributed by atoms with Gasteiger partial charge in [-0.3, -0.25) is 4.98 Å². The Hall–Kier alpha value is -1.17. The quantitative estimate of drug-likeness (QED) is 0.846. The van der Waals surface area contributed by atoms with Crippen LogP contribution in [0.15, 0.2) is 24.4 Å². The fourth-order valence-corrected chi connectivity index (χ4v) is 2.20. The summed E-state index contributed by atoms with van der Waals surface area (Å²) < 4.78 is 11.9. The van der Waals surface area contributed by atoms with Crippen LogP contribution in [0.1, 0.15) is 45.2 Å². The Balaban J connectivity index is 2.02. The Bertz CT molecular complexity index is 499. The van der Waals surface area contributed by atoms with Gasteiger partial charge in [0.25, 0.3) is 0 Å². The van der Waals surface area contributed by atoms with E-state index in [0.717, 1.165) is 18.4 Å². The van der Waals surface area contributed by atoms with Crippen molar-refractivity contribution in [1.82, 2.24) is 4.98 Å². The standard InChI is InChI=1S/C16H25BN2O2/c1-15(2)16(3,4)21-17(20-15)8-7-14-10-13(6-5-9-18)11-19-12-14/h7-8,10-12H,5-6,9,18H2,1-4H3/b8-7+. The molecule has 1 aromatic rings. The Morgan fingerprint density at radius 2 is 1.86 bits per heavy atom. The van der Waals surface area contributed by atoms with Crippen molar-refractivity contribution in [2.24, 2.45) is 5.73 Å². The smallest absolute Gasteiger partial charge is 0.400 e. The van der Waals surface area contributed by atoms with Gasteiger partial charge in [0.1, 0.15) is 0 Å². The van der Waals surface area contributed by atoms with E-state index in [9.17, 15) is 0 Å². The molecule has 1 saturated heterocycles. The molecule has 0 spiro atoms. The number of hydrogen-bond acceptors (Lipinski definition) is 4. The van der Waals surface area contributed by atoms with E-state index < -0.39 is 0 Å². The van der Waals surface area contributed by atoms with Gasteiger partial charge in [0, 0.05) is 12.4 Å². The molecule has 2 heterocycles. The number of rotatable bonds is 5. The molecule has 0 bridgehead atoms. The second kappa shape index (κ2) is 6.30. The molecule has 0 aliphatic carbocycles. The molecule has 1 fully saturated rings. The maximum atomic E-state index is 5.93. The van der Waals surface area contributed by atoms with Crippen molar-refractivity contribution in [2.75, 3.05) is 6.54 Å². The van der Waals surface area contributed by atoms with Crippen LogP contribution in [0, 0.1) is 0 Å². The van der Waals surface area contributed by atoms with Gasteiger partial charge in [-0.1, -0.05) is 12.1 Å². The first kappa shape index (κ1) is 16.2. The lowest BCUT2D eigenvalue weighted by molar-refractivity contribution is 0.00578. The van der Waals surface area contributed by atoms with Crippen LogP contribution in [0.25, 0.3) is 6.08 Å². The number of hydrogen-bond donors (Lipinski definition) is 1. The van der Waals surface area contributed by atoms with E-state index in [1.807, 2.05) is 24.4 Å². The van der Waals surface area contributed by atoms with Crippen LogP contribution in [-0.2, 0) is 15.7 Å². The second-order valence-electron chi connectivity index (χ2n) is 6.50. The van der Waals surface area contributed by atoms with E-state index in [2.05, 4.69) is 38.7 Å². The molecule has 1 aliphatic rings. The van der Waals surface area contributed by atoms with Crippen molar-refractivity contribution in [2.45, 2.75) is 51.7 Å². The number of aryl methyl sites for hydroxylation is 1. The third-order valence-corrected chi connectivity index (χ3v) is 4.20. The molecule has 0 aromatic carbocycles. The number of nitrogens with two attached hydrogens (primary N) is 1. The normalized spacial score (nSPS) is 20.3. The maximum absolute atomic E-state index is 5.93. The van der Waals surface area contributed by atoms with E-state index in [4.69, 9.17) is 15.0 Å². The second-order valence-corrected chi connectivity index (χ2v) is 6.50. The highest BCUT2D eigenvalue weighted by molar-refractivity contribution is 6.52.